The van der Waals surface area contributed by atoms with Crippen LogP contribution in [0.5, 0.6) is 0 Å². The molecule has 1 aliphatic heterocycles. The van der Waals surface area contributed by atoms with E-state index in [1.807, 2.05) is 0 Å². The van der Waals surface area contributed by atoms with Crippen molar-refractivity contribution in [1.82, 2.24) is 20.1 Å². The van der Waals surface area contributed by atoms with Crippen LogP contribution in [-0.2, 0) is 4.79 Å². The Kier molecular flexibility index (Phi) is 2.57. The molecule has 1 aromatic rings. The number of aromatic nitrogens is 3. The summed E-state index contributed by atoms with van der Waals surface area (Å²) in [5.41, 5.74) is 0. The van der Waals surface area contributed by atoms with Gasteiger partial charge in [0, 0.05) is 13.0 Å². The van der Waals surface area contributed by atoms with Crippen molar-refractivity contribution in [2.45, 2.75) is 18.6 Å². The van der Waals surface area contributed by atoms with Crippen LogP contribution < -0.4 is 0 Å². The summed E-state index contributed by atoms with van der Waals surface area (Å²) in [4.78, 5) is 27.4. The molecule has 1 saturated heterocycles. The molecule has 1 amide bonds. The molecule has 1 aromatic heterocycles. The van der Waals surface area contributed by atoms with Gasteiger partial charge in [-0.25, -0.2) is 9.78 Å². The van der Waals surface area contributed by atoms with Crippen molar-refractivity contribution in [2.75, 3.05) is 6.54 Å². The van der Waals surface area contributed by atoms with E-state index in [1.54, 1.807) is 0 Å². The number of β-amino-alcohol motifs (C(OH)–C–C–N with tert-alkyl or cyclic N) is 1. The minimum atomic E-state index is -1.13. The number of aliphatic carboxylic acids is 1. The first kappa shape index (κ1) is 10.6. The molecule has 3 N–H and O–H groups in total. The maximum atomic E-state index is 11.8. The standard InChI is InChI=1S/C8H10N4O4/c13-4-1-5(8(15)16)12(2-4)7(14)6-9-3-10-11-6/h3-5,13H,1-2H2,(H,15,16)(H,9,10,11)/t4-,5-/m0/s1. The predicted molar refractivity (Wildman–Crippen MR) is 49.5 cm³/mol. The highest BCUT2D eigenvalue weighted by molar-refractivity contribution is 5.93. The molecule has 0 bridgehead atoms. The lowest BCUT2D eigenvalue weighted by Crippen LogP contribution is -2.41. The molecule has 1 aliphatic rings. The maximum Gasteiger partial charge on any atom is 0.326 e. The van der Waals surface area contributed by atoms with Crippen molar-refractivity contribution in [3.8, 4) is 0 Å². The summed E-state index contributed by atoms with van der Waals surface area (Å²) in [6, 6.07) is -1.01. The van der Waals surface area contributed by atoms with Gasteiger partial charge in [-0.05, 0) is 0 Å². The van der Waals surface area contributed by atoms with Crippen LogP contribution in [0.25, 0.3) is 0 Å². The van der Waals surface area contributed by atoms with Crippen molar-refractivity contribution in [2.24, 2.45) is 0 Å². The molecule has 0 saturated carbocycles. The van der Waals surface area contributed by atoms with Gasteiger partial charge in [0.15, 0.2) is 0 Å². The van der Waals surface area contributed by atoms with Crippen LogP contribution in [0.3, 0.4) is 0 Å². The first-order valence-electron chi connectivity index (χ1n) is 4.67. The van der Waals surface area contributed by atoms with Crippen molar-refractivity contribution < 1.29 is 19.8 Å². The Hall–Kier alpha value is -1.96. The average Bonchev–Trinajstić information content (AvgIpc) is 2.84. The summed E-state index contributed by atoms with van der Waals surface area (Å²) in [5, 5.41) is 24.1. The van der Waals surface area contributed by atoms with E-state index >= 15 is 0 Å². The van der Waals surface area contributed by atoms with Gasteiger partial charge in [-0.2, -0.15) is 5.10 Å². The molecular formula is C8H10N4O4. The number of carboxylic acid groups (broad SMARTS) is 1. The Morgan fingerprint density at radius 2 is 2.31 bits per heavy atom. The van der Waals surface area contributed by atoms with E-state index in [0.717, 1.165) is 11.2 Å². The van der Waals surface area contributed by atoms with Gasteiger partial charge < -0.3 is 15.1 Å². The molecule has 8 nitrogen and oxygen atoms in total. The summed E-state index contributed by atoms with van der Waals surface area (Å²) in [5.74, 6) is -1.73. The fourth-order valence-electron chi connectivity index (χ4n) is 1.72. The van der Waals surface area contributed by atoms with Crippen LogP contribution in [0.2, 0.25) is 0 Å². The SMILES string of the molecule is O=C(O)[C@@H]1C[C@H](O)CN1C(=O)c1ncn[nH]1. The Morgan fingerprint density at radius 3 is 2.88 bits per heavy atom. The first-order chi connectivity index (χ1) is 7.59. The lowest BCUT2D eigenvalue weighted by molar-refractivity contribution is -0.141. The Bertz CT molecular complexity index is 404. The number of hydrogen-bond acceptors (Lipinski definition) is 5. The molecule has 2 rings (SSSR count). The molecule has 0 radical (unpaired) electrons. The zero-order valence-corrected chi connectivity index (χ0v) is 8.20. The van der Waals surface area contributed by atoms with Gasteiger partial charge in [0.05, 0.1) is 6.10 Å². The third kappa shape index (κ3) is 1.74. The molecule has 2 heterocycles. The van der Waals surface area contributed by atoms with Gasteiger partial charge in [0.1, 0.15) is 12.4 Å². The number of aliphatic hydroxyl groups excluding tert-OH is 1. The number of likely N-dealkylation sites (tertiary alicyclic amines) is 1. The van der Waals surface area contributed by atoms with Gasteiger partial charge in [0.2, 0.25) is 5.82 Å². The van der Waals surface area contributed by atoms with E-state index in [4.69, 9.17) is 5.11 Å². The second-order valence-corrected chi connectivity index (χ2v) is 3.54. The van der Waals surface area contributed by atoms with Crippen LogP contribution in [0.4, 0.5) is 0 Å². The van der Waals surface area contributed by atoms with E-state index in [0.29, 0.717) is 0 Å². The van der Waals surface area contributed by atoms with Crippen LogP contribution in [0, 0.1) is 0 Å². The normalized spacial score (nSPS) is 24.7. The first-order valence-corrected chi connectivity index (χ1v) is 4.67. The van der Waals surface area contributed by atoms with Crippen LogP contribution >= 0.6 is 0 Å². The topological polar surface area (TPSA) is 119 Å². The van der Waals surface area contributed by atoms with E-state index in [1.165, 1.54) is 0 Å². The number of amides is 1. The van der Waals surface area contributed by atoms with Crippen LogP contribution in [0.15, 0.2) is 6.33 Å². The summed E-state index contributed by atoms with van der Waals surface area (Å²) in [6.07, 6.45) is 0.387. The van der Waals surface area contributed by atoms with Crippen molar-refractivity contribution in [3.63, 3.8) is 0 Å². The minimum Gasteiger partial charge on any atom is -0.480 e. The van der Waals surface area contributed by atoms with Crippen molar-refractivity contribution >= 4 is 11.9 Å². The number of aliphatic hydroxyl groups is 1. The zero-order chi connectivity index (χ0) is 11.7. The Labute approximate surface area is 89.9 Å². The molecule has 0 spiro atoms. The smallest absolute Gasteiger partial charge is 0.326 e. The van der Waals surface area contributed by atoms with Crippen LogP contribution in [0.1, 0.15) is 17.0 Å². The number of rotatable bonds is 2. The molecule has 0 aliphatic carbocycles. The monoisotopic (exact) mass is 226 g/mol. The number of H-pyrrole nitrogens is 1. The summed E-state index contributed by atoms with van der Waals surface area (Å²) >= 11 is 0. The summed E-state index contributed by atoms with van der Waals surface area (Å²) in [7, 11) is 0. The van der Waals surface area contributed by atoms with Crippen LogP contribution in [-0.4, -0.2) is 60.9 Å². The van der Waals surface area contributed by atoms with Gasteiger partial charge in [-0.1, -0.05) is 0 Å². The number of nitrogens with zero attached hydrogens (tertiary/aromatic N) is 3. The number of carboxylic acids is 1. The van der Waals surface area contributed by atoms with Gasteiger partial charge in [-0.15, -0.1) is 0 Å². The average molecular weight is 226 g/mol. The number of aromatic amines is 1. The van der Waals surface area contributed by atoms with E-state index in [9.17, 15) is 14.7 Å². The molecule has 1 fully saturated rings. The Morgan fingerprint density at radius 1 is 1.56 bits per heavy atom. The predicted octanol–water partition coefficient (Wildman–Crippen LogP) is -1.54. The fourth-order valence-corrected chi connectivity index (χ4v) is 1.72. The van der Waals surface area contributed by atoms with E-state index in [-0.39, 0.29) is 18.8 Å². The lowest BCUT2D eigenvalue weighted by Gasteiger charge is -2.19. The largest absolute Gasteiger partial charge is 0.480 e. The highest BCUT2D eigenvalue weighted by Crippen LogP contribution is 2.19. The molecule has 0 aromatic carbocycles. The maximum absolute atomic E-state index is 11.8. The molecule has 8 heteroatoms. The quantitative estimate of drug-likeness (QED) is 0.562. The second-order valence-electron chi connectivity index (χ2n) is 3.54. The summed E-state index contributed by atoms with van der Waals surface area (Å²) < 4.78 is 0. The third-order valence-corrected chi connectivity index (χ3v) is 2.44. The Balaban J connectivity index is 2.20. The van der Waals surface area contributed by atoms with Gasteiger partial charge in [0.25, 0.3) is 5.91 Å². The molecular weight excluding hydrogens is 216 g/mol. The number of nitrogens with one attached hydrogen (secondary N) is 1. The van der Waals surface area contributed by atoms with Crippen molar-refractivity contribution in [1.29, 1.82) is 0 Å². The second kappa shape index (κ2) is 3.89. The number of carbonyl (C=O) groups is 2. The number of hydrogen-bond donors (Lipinski definition) is 3. The van der Waals surface area contributed by atoms with Gasteiger partial charge >= 0.3 is 5.97 Å². The van der Waals surface area contributed by atoms with Gasteiger partial charge in [-0.3, -0.25) is 9.89 Å². The molecule has 0 unspecified atom stereocenters. The highest BCUT2D eigenvalue weighted by atomic mass is 16.4. The third-order valence-electron chi connectivity index (χ3n) is 2.44. The zero-order valence-electron chi connectivity index (χ0n) is 8.20. The van der Waals surface area contributed by atoms with Crippen molar-refractivity contribution in [3.05, 3.63) is 12.2 Å². The molecule has 2 atom stereocenters. The van der Waals surface area contributed by atoms with E-state index in [2.05, 4.69) is 15.2 Å². The summed E-state index contributed by atoms with van der Waals surface area (Å²) in [6.45, 7) is -0.00347. The highest BCUT2D eigenvalue weighted by Gasteiger charge is 2.39. The van der Waals surface area contributed by atoms with E-state index < -0.39 is 24.0 Å². The molecule has 16 heavy (non-hydrogen) atoms. The molecule has 86 valence electrons. The fraction of sp³-hybridized carbons (Fsp3) is 0.500. The minimum absolute atomic E-state index is 0.00347. The number of carbonyl (C=O) groups excluding carboxylic acids is 1. The lowest BCUT2D eigenvalue weighted by atomic mass is 10.2.